The largest absolute Gasteiger partial charge is 0.480 e. The third-order valence-electron chi connectivity index (χ3n) is 4.28. The van der Waals surface area contributed by atoms with Gasteiger partial charge in [-0.05, 0) is 13.5 Å². The van der Waals surface area contributed by atoms with Gasteiger partial charge in [-0.3, -0.25) is 14.5 Å². The Morgan fingerprint density at radius 2 is 1.32 bits per heavy atom. The van der Waals surface area contributed by atoms with Crippen LogP contribution in [0.2, 0.25) is 0 Å². The quantitative estimate of drug-likeness (QED) is 0.345. The lowest BCUT2D eigenvalue weighted by Gasteiger charge is -2.31. The molecule has 7 heteroatoms. The average molecular weight is 358 g/mol. The minimum absolute atomic E-state index is 0.271. The molecule has 0 heterocycles. The van der Waals surface area contributed by atoms with E-state index in [1.807, 2.05) is 0 Å². The van der Waals surface area contributed by atoms with Crippen LogP contribution in [0.4, 0.5) is 0 Å². The second kappa shape index (κ2) is 13.6. The number of unbranched alkanes of at least 4 members (excludes halogenated alkanes) is 8. The van der Waals surface area contributed by atoms with Gasteiger partial charge in [0.25, 0.3) is 0 Å². The predicted octanol–water partition coefficient (Wildman–Crippen LogP) is 2.79. The van der Waals surface area contributed by atoms with Crippen LogP contribution in [0.25, 0.3) is 0 Å². The Labute approximate surface area is 151 Å². The molecule has 0 fully saturated rings. The maximum atomic E-state index is 12.2. The van der Waals surface area contributed by atoms with E-state index in [2.05, 4.69) is 6.92 Å². The van der Waals surface area contributed by atoms with E-state index < -0.39 is 24.6 Å². The summed E-state index contributed by atoms with van der Waals surface area (Å²) in [6.45, 7) is 1.76. The number of carboxylic acids is 2. The highest BCUT2D eigenvalue weighted by atomic mass is 16.4. The number of rotatable bonds is 15. The zero-order valence-corrected chi connectivity index (χ0v) is 15.9. The van der Waals surface area contributed by atoms with Crippen molar-refractivity contribution in [2.75, 3.05) is 20.6 Å². The molecular weight excluding hydrogens is 324 g/mol. The lowest BCUT2D eigenvalue weighted by molar-refractivity contribution is -0.158. The van der Waals surface area contributed by atoms with Crippen LogP contribution >= 0.6 is 0 Å². The monoisotopic (exact) mass is 358 g/mol. The number of carbonyl (C=O) groups excluding carboxylic acids is 1. The summed E-state index contributed by atoms with van der Waals surface area (Å²) in [6.07, 6.45) is 9.30. The first-order valence-electron chi connectivity index (χ1n) is 9.21. The van der Waals surface area contributed by atoms with Gasteiger partial charge in [-0.2, -0.15) is 0 Å². The molecule has 25 heavy (non-hydrogen) atoms. The summed E-state index contributed by atoms with van der Waals surface area (Å²) >= 11 is 0. The third-order valence-corrected chi connectivity index (χ3v) is 4.28. The van der Waals surface area contributed by atoms with Crippen LogP contribution in [0.15, 0.2) is 0 Å². The van der Waals surface area contributed by atoms with Crippen LogP contribution in [0.1, 0.15) is 71.1 Å². The van der Waals surface area contributed by atoms with Gasteiger partial charge in [0.15, 0.2) is 6.17 Å². The molecule has 0 aliphatic heterocycles. The molecule has 0 saturated heterocycles. The highest BCUT2D eigenvalue weighted by molar-refractivity contribution is 5.83. The fourth-order valence-electron chi connectivity index (χ4n) is 2.85. The highest BCUT2D eigenvalue weighted by Crippen LogP contribution is 2.12. The van der Waals surface area contributed by atoms with Crippen LogP contribution in [0.3, 0.4) is 0 Å². The van der Waals surface area contributed by atoms with E-state index in [0.29, 0.717) is 0 Å². The Morgan fingerprint density at radius 3 is 1.76 bits per heavy atom. The second-order valence-corrected chi connectivity index (χ2v) is 6.60. The van der Waals surface area contributed by atoms with Crippen LogP contribution in [0, 0.1) is 0 Å². The first kappa shape index (κ1) is 23.4. The van der Waals surface area contributed by atoms with Crippen molar-refractivity contribution >= 4 is 17.8 Å². The lowest BCUT2D eigenvalue weighted by Crippen LogP contribution is -2.53. The van der Waals surface area contributed by atoms with E-state index in [-0.39, 0.29) is 12.3 Å². The molecule has 1 unspecified atom stereocenters. The number of likely N-dealkylation sites (N-methyl/N-ethyl adjacent to an activating group) is 2. The second-order valence-electron chi connectivity index (χ2n) is 6.60. The molecule has 0 aliphatic rings. The Bertz CT molecular complexity index is 414. The van der Waals surface area contributed by atoms with Crippen molar-refractivity contribution in [1.82, 2.24) is 9.80 Å². The van der Waals surface area contributed by atoms with Crippen LogP contribution in [0.5, 0.6) is 0 Å². The molecular formula is C18H34N2O5. The van der Waals surface area contributed by atoms with E-state index in [4.69, 9.17) is 5.11 Å². The van der Waals surface area contributed by atoms with E-state index >= 15 is 0 Å². The van der Waals surface area contributed by atoms with Gasteiger partial charge < -0.3 is 15.1 Å². The number of aliphatic carboxylic acids is 2. The lowest BCUT2D eigenvalue weighted by atomic mass is 10.1. The van der Waals surface area contributed by atoms with Gasteiger partial charge in [0.1, 0.15) is 0 Å². The van der Waals surface area contributed by atoms with Crippen molar-refractivity contribution in [1.29, 1.82) is 0 Å². The minimum atomic E-state index is -1.26. The molecule has 1 amide bonds. The van der Waals surface area contributed by atoms with Gasteiger partial charge in [-0.25, -0.2) is 4.79 Å². The standard InChI is InChI=1S/C18H34N2O5/c1-4-5-6-7-8-9-10-11-12-13-15(21)20(3)17(18(24)25)19(2)14-16(22)23/h17H,4-14H2,1-3H3,(H,22,23)(H,24,25). The number of carbonyl (C=O) groups is 3. The molecule has 0 aromatic rings. The van der Waals surface area contributed by atoms with Crippen molar-refractivity contribution in [3.8, 4) is 0 Å². The Balaban J connectivity index is 4.09. The van der Waals surface area contributed by atoms with Gasteiger partial charge in [0.05, 0.1) is 6.54 Å². The van der Waals surface area contributed by atoms with Crippen molar-refractivity contribution in [2.24, 2.45) is 0 Å². The van der Waals surface area contributed by atoms with Gasteiger partial charge in [0.2, 0.25) is 5.91 Å². The van der Waals surface area contributed by atoms with Gasteiger partial charge in [-0.15, -0.1) is 0 Å². The van der Waals surface area contributed by atoms with Crippen LogP contribution in [-0.2, 0) is 14.4 Å². The zero-order valence-electron chi connectivity index (χ0n) is 15.9. The van der Waals surface area contributed by atoms with Crippen LogP contribution < -0.4 is 0 Å². The van der Waals surface area contributed by atoms with Crippen molar-refractivity contribution < 1.29 is 24.6 Å². The SMILES string of the molecule is CCCCCCCCCCCC(=O)N(C)C(C(=O)O)N(C)CC(=O)O. The first-order chi connectivity index (χ1) is 11.8. The molecule has 0 radical (unpaired) electrons. The maximum Gasteiger partial charge on any atom is 0.341 e. The minimum Gasteiger partial charge on any atom is -0.480 e. The summed E-state index contributed by atoms with van der Waals surface area (Å²) in [5, 5.41) is 18.1. The molecule has 0 rings (SSSR count). The summed E-state index contributed by atoms with van der Waals surface area (Å²) in [5.41, 5.74) is 0. The highest BCUT2D eigenvalue weighted by Gasteiger charge is 2.31. The molecule has 146 valence electrons. The molecule has 0 saturated carbocycles. The molecule has 0 bridgehead atoms. The van der Waals surface area contributed by atoms with Crippen molar-refractivity contribution in [3.63, 3.8) is 0 Å². The molecule has 0 spiro atoms. The summed E-state index contributed by atoms with van der Waals surface area (Å²) in [6, 6.07) is 0. The Kier molecular flexibility index (Phi) is 12.7. The number of nitrogens with zero attached hydrogens (tertiary/aromatic N) is 2. The molecule has 0 aromatic carbocycles. The van der Waals surface area contributed by atoms with E-state index in [1.54, 1.807) is 0 Å². The number of hydrogen-bond donors (Lipinski definition) is 2. The zero-order chi connectivity index (χ0) is 19.2. The van der Waals surface area contributed by atoms with Gasteiger partial charge in [0, 0.05) is 13.5 Å². The normalized spacial score (nSPS) is 12.2. The molecule has 0 aliphatic carbocycles. The first-order valence-corrected chi connectivity index (χ1v) is 9.21. The summed E-state index contributed by atoms with van der Waals surface area (Å²) in [5.74, 6) is -2.63. The fourth-order valence-corrected chi connectivity index (χ4v) is 2.85. The van der Waals surface area contributed by atoms with Gasteiger partial charge >= 0.3 is 11.9 Å². The van der Waals surface area contributed by atoms with E-state index in [1.165, 1.54) is 52.6 Å². The Morgan fingerprint density at radius 1 is 0.840 bits per heavy atom. The summed E-state index contributed by atoms with van der Waals surface area (Å²) < 4.78 is 0. The average Bonchev–Trinajstić information content (AvgIpc) is 2.52. The van der Waals surface area contributed by atoms with E-state index in [9.17, 15) is 19.5 Å². The maximum absolute atomic E-state index is 12.2. The number of hydrogen-bond acceptors (Lipinski definition) is 4. The molecule has 7 nitrogen and oxygen atoms in total. The van der Waals surface area contributed by atoms with Crippen LogP contribution in [-0.4, -0.2) is 64.7 Å². The number of amides is 1. The Hall–Kier alpha value is -1.63. The number of carboxylic acid groups (broad SMARTS) is 2. The topological polar surface area (TPSA) is 98.2 Å². The summed E-state index contributed by atoms with van der Waals surface area (Å²) in [4.78, 5) is 36.5. The molecule has 0 aromatic heterocycles. The van der Waals surface area contributed by atoms with Crippen molar-refractivity contribution in [3.05, 3.63) is 0 Å². The van der Waals surface area contributed by atoms with Gasteiger partial charge in [-0.1, -0.05) is 58.3 Å². The third kappa shape index (κ3) is 10.8. The smallest absolute Gasteiger partial charge is 0.341 e. The van der Waals surface area contributed by atoms with Crippen molar-refractivity contribution in [2.45, 2.75) is 77.3 Å². The van der Waals surface area contributed by atoms with E-state index in [0.717, 1.165) is 29.1 Å². The fraction of sp³-hybridized carbons (Fsp3) is 0.833. The summed E-state index contributed by atoms with van der Waals surface area (Å²) in [7, 11) is 2.79. The molecule has 1 atom stereocenters. The predicted molar refractivity (Wildman–Crippen MR) is 96.3 cm³/mol. The molecule has 2 N–H and O–H groups in total.